The third kappa shape index (κ3) is 7.71. The van der Waals surface area contributed by atoms with E-state index in [-0.39, 0.29) is 6.61 Å². The minimum absolute atomic E-state index is 0.273. The lowest BCUT2D eigenvalue weighted by Gasteiger charge is -2.05. The van der Waals surface area contributed by atoms with Crippen LogP contribution in [0.2, 0.25) is 0 Å². The van der Waals surface area contributed by atoms with Gasteiger partial charge in [-0.1, -0.05) is 0 Å². The lowest BCUT2D eigenvalue weighted by atomic mass is 10.5. The zero-order valence-electron chi connectivity index (χ0n) is 5.66. The Morgan fingerprint density at radius 1 is 1.40 bits per heavy atom. The van der Waals surface area contributed by atoms with Crippen molar-refractivity contribution in [1.29, 1.82) is 0 Å². The van der Waals surface area contributed by atoms with Crippen LogP contribution in [0.25, 0.3) is 0 Å². The van der Waals surface area contributed by atoms with E-state index in [1.54, 1.807) is 7.05 Å². The molecule has 5 heteroatoms. The molecule has 0 spiro atoms. The number of alkyl halides is 3. The van der Waals surface area contributed by atoms with E-state index in [4.69, 9.17) is 0 Å². The minimum Gasteiger partial charge on any atom is -0.320 e. The Hall–Kier alpha value is -0.290. The van der Waals surface area contributed by atoms with Crippen LogP contribution >= 0.6 is 0 Å². The SMILES string of the molecule is CNCCCOC(F)(F)F. The quantitative estimate of drug-likeness (QED) is 0.617. The molecule has 0 aromatic carbocycles. The molecule has 2 nitrogen and oxygen atoms in total. The van der Waals surface area contributed by atoms with Crippen LogP contribution in [0.5, 0.6) is 0 Å². The van der Waals surface area contributed by atoms with Crippen molar-refractivity contribution in [2.75, 3.05) is 20.2 Å². The van der Waals surface area contributed by atoms with Gasteiger partial charge in [0.25, 0.3) is 0 Å². The number of nitrogens with one attached hydrogen (secondary N) is 1. The molecule has 62 valence electrons. The van der Waals surface area contributed by atoms with E-state index < -0.39 is 6.36 Å². The summed E-state index contributed by atoms with van der Waals surface area (Å²) in [5, 5.41) is 2.71. The summed E-state index contributed by atoms with van der Waals surface area (Å²) >= 11 is 0. The first-order valence-corrected chi connectivity index (χ1v) is 2.91. The average molecular weight is 157 g/mol. The van der Waals surface area contributed by atoms with Crippen molar-refractivity contribution in [3.8, 4) is 0 Å². The Labute approximate surface area is 57.4 Å². The van der Waals surface area contributed by atoms with E-state index in [0.29, 0.717) is 13.0 Å². The summed E-state index contributed by atoms with van der Waals surface area (Å²) in [7, 11) is 1.67. The second kappa shape index (κ2) is 4.51. The van der Waals surface area contributed by atoms with E-state index >= 15 is 0 Å². The number of ether oxygens (including phenoxy) is 1. The zero-order chi connectivity index (χ0) is 8.04. The topological polar surface area (TPSA) is 21.3 Å². The molecule has 0 fully saturated rings. The van der Waals surface area contributed by atoms with Crippen molar-refractivity contribution in [3.05, 3.63) is 0 Å². The third-order valence-corrected chi connectivity index (χ3v) is 0.837. The van der Waals surface area contributed by atoms with Crippen LogP contribution < -0.4 is 5.32 Å². The highest BCUT2D eigenvalue weighted by molar-refractivity contribution is 4.39. The predicted octanol–water partition coefficient (Wildman–Crippen LogP) is 1.13. The van der Waals surface area contributed by atoms with Crippen LogP contribution in [-0.2, 0) is 4.74 Å². The van der Waals surface area contributed by atoms with Gasteiger partial charge in [0.2, 0.25) is 0 Å². The van der Waals surface area contributed by atoms with Gasteiger partial charge in [-0.2, -0.15) is 0 Å². The van der Waals surface area contributed by atoms with Crippen molar-refractivity contribution in [1.82, 2.24) is 5.32 Å². The van der Waals surface area contributed by atoms with Gasteiger partial charge in [-0.15, -0.1) is 13.2 Å². The van der Waals surface area contributed by atoms with Gasteiger partial charge in [0.15, 0.2) is 0 Å². The molecule has 0 saturated heterocycles. The van der Waals surface area contributed by atoms with Crippen molar-refractivity contribution in [2.24, 2.45) is 0 Å². The molecule has 0 radical (unpaired) electrons. The van der Waals surface area contributed by atoms with Gasteiger partial charge in [-0.3, -0.25) is 4.74 Å². The van der Waals surface area contributed by atoms with E-state index in [1.807, 2.05) is 0 Å². The molecule has 0 aliphatic rings. The fourth-order valence-corrected chi connectivity index (χ4v) is 0.437. The van der Waals surface area contributed by atoms with E-state index in [0.717, 1.165) is 0 Å². The molecule has 0 heterocycles. The highest BCUT2D eigenvalue weighted by Gasteiger charge is 2.28. The van der Waals surface area contributed by atoms with E-state index in [1.165, 1.54) is 0 Å². The fourth-order valence-electron chi connectivity index (χ4n) is 0.437. The largest absolute Gasteiger partial charge is 0.522 e. The van der Waals surface area contributed by atoms with Gasteiger partial charge < -0.3 is 5.32 Å². The fraction of sp³-hybridized carbons (Fsp3) is 1.00. The molecular weight excluding hydrogens is 147 g/mol. The summed E-state index contributed by atoms with van der Waals surface area (Å²) in [6.45, 7) is 0.264. The molecular formula is C5H10F3NO. The maximum absolute atomic E-state index is 11.2. The second-order valence-corrected chi connectivity index (χ2v) is 1.75. The number of rotatable bonds is 4. The Morgan fingerprint density at radius 2 is 2.00 bits per heavy atom. The van der Waals surface area contributed by atoms with Crippen LogP contribution in [0.1, 0.15) is 6.42 Å². The first kappa shape index (κ1) is 9.71. The van der Waals surface area contributed by atoms with Gasteiger partial charge in [-0.05, 0) is 20.0 Å². The average Bonchev–Trinajstić information content (AvgIpc) is 1.78. The number of hydrogen-bond acceptors (Lipinski definition) is 2. The highest BCUT2D eigenvalue weighted by atomic mass is 19.4. The standard InChI is InChI=1S/C5H10F3NO/c1-9-3-2-4-10-5(6,7)8/h9H,2-4H2,1H3. The van der Waals surface area contributed by atoms with Crippen molar-refractivity contribution in [2.45, 2.75) is 12.8 Å². The Balaban J connectivity index is 3.04. The molecule has 0 bridgehead atoms. The molecule has 0 aliphatic heterocycles. The summed E-state index contributed by atoms with van der Waals surface area (Å²) in [6, 6.07) is 0. The van der Waals surface area contributed by atoms with Gasteiger partial charge in [0, 0.05) is 0 Å². The van der Waals surface area contributed by atoms with Gasteiger partial charge >= 0.3 is 6.36 Å². The molecule has 0 aromatic heterocycles. The summed E-state index contributed by atoms with van der Waals surface area (Å²) < 4.78 is 37.2. The van der Waals surface area contributed by atoms with Gasteiger partial charge in [-0.25, -0.2) is 0 Å². The maximum Gasteiger partial charge on any atom is 0.522 e. The van der Waals surface area contributed by atoms with Crippen LogP contribution in [-0.4, -0.2) is 26.6 Å². The van der Waals surface area contributed by atoms with Crippen LogP contribution in [0, 0.1) is 0 Å². The van der Waals surface area contributed by atoms with E-state index in [2.05, 4.69) is 10.1 Å². The second-order valence-electron chi connectivity index (χ2n) is 1.75. The highest BCUT2D eigenvalue weighted by Crippen LogP contribution is 2.15. The first-order valence-electron chi connectivity index (χ1n) is 2.91. The Morgan fingerprint density at radius 3 is 2.40 bits per heavy atom. The molecule has 0 unspecified atom stereocenters. The smallest absolute Gasteiger partial charge is 0.320 e. The number of halogens is 3. The van der Waals surface area contributed by atoms with Gasteiger partial charge in [0.1, 0.15) is 0 Å². The lowest BCUT2D eigenvalue weighted by molar-refractivity contribution is -0.324. The molecule has 0 aliphatic carbocycles. The molecule has 0 saturated carbocycles. The first-order chi connectivity index (χ1) is 4.56. The molecule has 0 amide bonds. The van der Waals surface area contributed by atoms with Crippen molar-refractivity contribution in [3.63, 3.8) is 0 Å². The maximum atomic E-state index is 11.2. The summed E-state index contributed by atoms with van der Waals surface area (Å²) in [5.41, 5.74) is 0. The summed E-state index contributed by atoms with van der Waals surface area (Å²) in [5.74, 6) is 0. The summed E-state index contributed by atoms with van der Waals surface area (Å²) in [4.78, 5) is 0. The van der Waals surface area contributed by atoms with Crippen LogP contribution in [0.15, 0.2) is 0 Å². The van der Waals surface area contributed by atoms with Crippen LogP contribution in [0.3, 0.4) is 0 Å². The molecule has 0 aromatic rings. The van der Waals surface area contributed by atoms with Crippen molar-refractivity contribution >= 4 is 0 Å². The number of hydrogen-bond donors (Lipinski definition) is 1. The molecule has 1 N–H and O–H groups in total. The lowest BCUT2D eigenvalue weighted by Crippen LogP contribution is -2.17. The molecule has 0 rings (SSSR count). The third-order valence-electron chi connectivity index (χ3n) is 0.837. The van der Waals surface area contributed by atoms with Gasteiger partial charge in [0.05, 0.1) is 6.61 Å². The summed E-state index contributed by atoms with van der Waals surface area (Å²) in [6.07, 6.45) is -4.11. The zero-order valence-corrected chi connectivity index (χ0v) is 5.66. The monoisotopic (exact) mass is 157 g/mol. The van der Waals surface area contributed by atoms with Crippen molar-refractivity contribution < 1.29 is 17.9 Å². The Bertz CT molecular complexity index is 83.5. The molecule has 0 atom stereocenters. The molecule has 10 heavy (non-hydrogen) atoms. The normalized spacial score (nSPS) is 12.0. The van der Waals surface area contributed by atoms with Crippen LogP contribution in [0.4, 0.5) is 13.2 Å². The Kier molecular flexibility index (Phi) is 4.38. The predicted molar refractivity (Wildman–Crippen MR) is 30.6 cm³/mol. The minimum atomic E-state index is -4.48. The van der Waals surface area contributed by atoms with E-state index in [9.17, 15) is 13.2 Å².